The zero-order chi connectivity index (χ0) is 18.1. The van der Waals surface area contributed by atoms with Gasteiger partial charge in [-0.1, -0.05) is 5.16 Å². The number of rotatable bonds is 4. The predicted octanol–water partition coefficient (Wildman–Crippen LogP) is 3.93. The molecule has 132 valence electrons. The summed E-state index contributed by atoms with van der Waals surface area (Å²) in [7, 11) is 1.59. The van der Waals surface area contributed by atoms with Crippen LogP contribution in [-0.4, -0.2) is 24.3 Å². The Kier molecular flexibility index (Phi) is 4.08. The first-order chi connectivity index (χ1) is 12.6. The zero-order valence-corrected chi connectivity index (χ0v) is 14.5. The minimum absolute atomic E-state index is 0.181. The van der Waals surface area contributed by atoms with Gasteiger partial charge in [0.1, 0.15) is 17.6 Å². The van der Waals surface area contributed by atoms with Gasteiger partial charge in [-0.2, -0.15) is 0 Å². The highest BCUT2D eigenvalue weighted by Gasteiger charge is 2.21. The summed E-state index contributed by atoms with van der Waals surface area (Å²) in [5.74, 6) is 1.84. The number of hydrogen-bond donors (Lipinski definition) is 1. The maximum atomic E-state index is 12.4. The van der Waals surface area contributed by atoms with Crippen LogP contribution in [0, 0.1) is 0 Å². The number of fused-ring (bicyclic) bond motifs is 1. The Hall–Kier alpha value is -3.28. The van der Waals surface area contributed by atoms with Crippen LogP contribution in [-0.2, 0) is 6.42 Å². The van der Waals surface area contributed by atoms with Crippen LogP contribution in [0.3, 0.4) is 0 Å². The third-order valence-corrected chi connectivity index (χ3v) is 4.27. The predicted molar refractivity (Wildman–Crippen MR) is 96.7 cm³/mol. The van der Waals surface area contributed by atoms with E-state index in [-0.39, 0.29) is 17.7 Å². The molecule has 0 saturated heterocycles. The van der Waals surface area contributed by atoms with Crippen molar-refractivity contribution in [2.24, 2.45) is 0 Å². The van der Waals surface area contributed by atoms with Crippen LogP contribution in [0.15, 0.2) is 53.1 Å². The monoisotopic (exact) mass is 350 g/mol. The summed E-state index contributed by atoms with van der Waals surface area (Å²) in [5, 5.41) is 6.67. The van der Waals surface area contributed by atoms with Gasteiger partial charge in [0.2, 0.25) is 0 Å². The van der Waals surface area contributed by atoms with Crippen molar-refractivity contribution >= 4 is 11.6 Å². The van der Waals surface area contributed by atoms with Gasteiger partial charge in [0.25, 0.3) is 5.91 Å². The van der Waals surface area contributed by atoms with Crippen molar-refractivity contribution in [3.8, 4) is 22.8 Å². The van der Waals surface area contributed by atoms with Crippen LogP contribution in [0.4, 0.5) is 5.69 Å². The van der Waals surface area contributed by atoms with Crippen LogP contribution in [0.5, 0.6) is 11.5 Å². The van der Waals surface area contributed by atoms with Crippen molar-refractivity contribution in [2.75, 3.05) is 12.4 Å². The molecule has 0 fully saturated rings. The van der Waals surface area contributed by atoms with Crippen molar-refractivity contribution in [1.82, 2.24) is 5.16 Å². The van der Waals surface area contributed by atoms with Crippen LogP contribution < -0.4 is 14.8 Å². The van der Waals surface area contributed by atoms with E-state index in [0.29, 0.717) is 11.4 Å². The van der Waals surface area contributed by atoms with E-state index in [1.807, 2.05) is 25.1 Å². The van der Waals surface area contributed by atoms with Gasteiger partial charge in [-0.05, 0) is 55.0 Å². The van der Waals surface area contributed by atoms with Crippen LogP contribution in [0.2, 0.25) is 0 Å². The van der Waals surface area contributed by atoms with Crippen LogP contribution in [0.1, 0.15) is 23.0 Å². The van der Waals surface area contributed by atoms with Crippen molar-refractivity contribution < 1.29 is 18.8 Å². The van der Waals surface area contributed by atoms with E-state index in [9.17, 15) is 4.79 Å². The van der Waals surface area contributed by atoms with Gasteiger partial charge in [-0.3, -0.25) is 4.79 Å². The van der Waals surface area contributed by atoms with Gasteiger partial charge in [-0.25, -0.2) is 0 Å². The molecule has 0 radical (unpaired) electrons. The lowest BCUT2D eigenvalue weighted by Gasteiger charge is -2.04. The van der Waals surface area contributed by atoms with Gasteiger partial charge >= 0.3 is 0 Å². The highest BCUT2D eigenvalue weighted by atomic mass is 16.5. The molecule has 2 heterocycles. The maximum Gasteiger partial charge on any atom is 0.277 e. The van der Waals surface area contributed by atoms with E-state index in [0.717, 1.165) is 29.0 Å². The molecule has 0 aliphatic carbocycles. The number of methoxy groups -OCH3 is 1. The second-order valence-electron chi connectivity index (χ2n) is 6.21. The number of ether oxygens (including phenoxy) is 2. The lowest BCUT2D eigenvalue weighted by Crippen LogP contribution is -2.11. The molecule has 0 spiro atoms. The molecule has 1 atom stereocenters. The van der Waals surface area contributed by atoms with Crippen molar-refractivity contribution in [3.63, 3.8) is 0 Å². The molecule has 26 heavy (non-hydrogen) atoms. The summed E-state index contributed by atoms with van der Waals surface area (Å²) in [5.41, 5.74) is 2.89. The number of aromatic nitrogens is 1. The quantitative estimate of drug-likeness (QED) is 0.772. The average Bonchev–Trinajstić information content (AvgIpc) is 3.27. The van der Waals surface area contributed by atoms with Gasteiger partial charge in [-0.15, -0.1) is 0 Å². The van der Waals surface area contributed by atoms with Crippen LogP contribution >= 0.6 is 0 Å². The second kappa shape index (κ2) is 6.55. The highest BCUT2D eigenvalue weighted by molar-refractivity contribution is 6.03. The van der Waals surface area contributed by atoms with Crippen molar-refractivity contribution in [3.05, 3.63) is 59.8 Å². The van der Waals surface area contributed by atoms with Gasteiger partial charge in [0, 0.05) is 23.7 Å². The third-order valence-electron chi connectivity index (χ3n) is 4.27. The molecule has 1 N–H and O–H groups in total. The molecular formula is C20H18N2O4. The van der Waals surface area contributed by atoms with Gasteiger partial charge in [0.15, 0.2) is 11.5 Å². The minimum atomic E-state index is -0.330. The molecule has 4 rings (SSSR count). The largest absolute Gasteiger partial charge is 0.497 e. The number of hydrogen-bond acceptors (Lipinski definition) is 5. The van der Waals surface area contributed by atoms with E-state index in [1.54, 1.807) is 37.4 Å². The maximum absolute atomic E-state index is 12.4. The Balaban J connectivity index is 1.50. The number of nitrogens with one attached hydrogen (secondary N) is 1. The summed E-state index contributed by atoms with van der Waals surface area (Å²) >= 11 is 0. The molecule has 6 nitrogen and oxygen atoms in total. The fraction of sp³-hybridized carbons (Fsp3) is 0.200. The zero-order valence-electron chi connectivity index (χ0n) is 14.5. The van der Waals surface area contributed by atoms with E-state index in [4.69, 9.17) is 14.0 Å². The second-order valence-corrected chi connectivity index (χ2v) is 6.21. The Morgan fingerprint density at radius 1 is 1.19 bits per heavy atom. The summed E-state index contributed by atoms with van der Waals surface area (Å²) < 4.78 is 16.2. The first kappa shape index (κ1) is 16.2. The number of carbonyl (C=O) groups excluding carboxylic acids is 1. The van der Waals surface area contributed by atoms with Crippen LogP contribution in [0.25, 0.3) is 11.3 Å². The number of nitrogens with zero attached hydrogens (tertiary/aromatic N) is 1. The first-order valence-electron chi connectivity index (χ1n) is 8.34. The summed E-state index contributed by atoms with van der Waals surface area (Å²) in [6.45, 7) is 2.04. The third kappa shape index (κ3) is 3.13. The first-order valence-corrected chi connectivity index (χ1v) is 8.34. The molecule has 2 aromatic carbocycles. The topological polar surface area (TPSA) is 73.6 Å². The molecule has 1 unspecified atom stereocenters. The Morgan fingerprint density at radius 3 is 2.77 bits per heavy atom. The lowest BCUT2D eigenvalue weighted by atomic mass is 10.1. The molecule has 1 aliphatic heterocycles. The molecule has 6 heteroatoms. The molecule has 0 saturated carbocycles. The molecule has 1 aliphatic rings. The highest BCUT2D eigenvalue weighted by Crippen LogP contribution is 2.33. The Labute approximate surface area is 150 Å². The summed E-state index contributed by atoms with van der Waals surface area (Å²) in [6.07, 6.45) is 1.04. The smallest absolute Gasteiger partial charge is 0.277 e. The van der Waals surface area contributed by atoms with E-state index >= 15 is 0 Å². The average molecular weight is 350 g/mol. The molecule has 3 aromatic rings. The Morgan fingerprint density at radius 2 is 2.00 bits per heavy atom. The SMILES string of the molecule is COc1ccc(NC(=O)c2cc(-c3ccc4c(c3)CC(C)O4)on2)cc1. The van der Waals surface area contributed by atoms with Gasteiger partial charge < -0.3 is 19.3 Å². The lowest BCUT2D eigenvalue weighted by molar-refractivity contribution is 0.101. The number of anilines is 1. The fourth-order valence-electron chi connectivity index (χ4n) is 2.96. The van der Waals surface area contributed by atoms with Crippen molar-refractivity contribution in [2.45, 2.75) is 19.4 Å². The summed E-state index contributed by atoms with van der Waals surface area (Å²) in [4.78, 5) is 12.4. The minimum Gasteiger partial charge on any atom is -0.497 e. The Bertz CT molecular complexity index is 947. The number of benzene rings is 2. The molecular weight excluding hydrogens is 332 g/mol. The van der Waals surface area contributed by atoms with Gasteiger partial charge in [0.05, 0.1) is 7.11 Å². The standard InChI is InChI=1S/C20H18N2O4/c1-12-9-14-10-13(3-8-18(14)25-12)19-11-17(22-26-19)20(23)21-15-4-6-16(24-2)7-5-15/h3-8,10-12H,9H2,1-2H3,(H,21,23). The van der Waals surface area contributed by atoms with E-state index < -0.39 is 0 Å². The van der Waals surface area contributed by atoms with Crippen molar-refractivity contribution in [1.29, 1.82) is 0 Å². The normalized spacial score (nSPS) is 15.2. The summed E-state index contributed by atoms with van der Waals surface area (Å²) in [6, 6.07) is 14.6. The molecule has 1 aromatic heterocycles. The number of amides is 1. The molecule has 1 amide bonds. The van der Waals surface area contributed by atoms with E-state index in [2.05, 4.69) is 10.5 Å². The van der Waals surface area contributed by atoms with E-state index in [1.165, 1.54) is 0 Å². The number of carbonyl (C=O) groups is 1. The fourth-order valence-corrected chi connectivity index (χ4v) is 2.96. The molecule has 0 bridgehead atoms.